The van der Waals surface area contributed by atoms with E-state index in [9.17, 15) is 14.4 Å². The minimum absolute atomic E-state index is 0.294. The highest BCUT2D eigenvalue weighted by atomic mass is 16.5. The van der Waals surface area contributed by atoms with Gasteiger partial charge in [-0.15, -0.1) is 0 Å². The van der Waals surface area contributed by atoms with Crippen molar-refractivity contribution in [2.75, 3.05) is 13.7 Å². The molecule has 1 aromatic carbocycles. The van der Waals surface area contributed by atoms with Crippen LogP contribution < -0.4 is 20.1 Å². The van der Waals surface area contributed by atoms with Gasteiger partial charge in [-0.2, -0.15) is 0 Å². The molecule has 1 aliphatic heterocycles. The minimum atomic E-state index is -1.03. The van der Waals surface area contributed by atoms with Gasteiger partial charge >= 0.3 is 12.0 Å². The van der Waals surface area contributed by atoms with Gasteiger partial charge in [0.25, 0.3) is 5.91 Å². The highest BCUT2D eigenvalue weighted by molar-refractivity contribution is 5.94. The number of carbonyl (C=O) groups is 3. The first-order valence-electron chi connectivity index (χ1n) is 6.16. The van der Waals surface area contributed by atoms with Gasteiger partial charge in [0, 0.05) is 19.5 Å². The van der Waals surface area contributed by atoms with Crippen molar-refractivity contribution in [1.29, 1.82) is 0 Å². The number of fused-ring (bicyclic) bond motifs is 1. The van der Waals surface area contributed by atoms with Crippen molar-refractivity contribution in [3.63, 3.8) is 0 Å². The fraction of sp³-hybridized carbons (Fsp3) is 0.308. The molecule has 2 rings (SSSR count). The lowest BCUT2D eigenvalue weighted by molar-refractivity contribution is -0.144. The van der Waals surface area contributed by atoms with Gasteiger partial charge in [-0.1, -0.05) is 6.07 Å². The molecule has 0 aliphatic carbocycles. The number of imide groups is 1. The molecular formula is C13H14N2O6. The molecule has 0 aromatic heterocycles. The van der Waals surface area contributed by atoms with Crippen molar-refractivity contribution in [3.05, 3.63) is 23.8 Å². The number of ether oxygens (including phenoxy) is 2. The Bertz CT molecular complexity index is 586. The maximum absolute atomic E-state index is 11.4. The molecule has 0 fully saturated rings. The van der Waals surface area contributed by atoms with E-state index < -0.39 is 24.0 Å². The number of carboxylic acids is 1. The molecule has 0 radical (unpaired) electrons. The van der Waals surface area contributed by atoms with Crippen molar-refractivity contribution in [2.45, 2.75) is 12.5 Å². The molecule has 1 aliphatic rings. The van der Waals surface area contributed by atoms with Crippen molar-refractivity contribution >= 4 is 17.9 Å². The van der Waals surface area contributed by atoms with Gasteiger partial charge in [0.15, 0.2) is 12.7 Å². The Labute approximate surface area is 120 Å². The molecule has 8 nitrogen and oxygen atoms in total. The molecule has 0 bridgehead atoms. The van der Waals surface area contributed by atoms with Crippen LogP contribution >= 0.6 is 0 Å². The zero-order valence-electron chi connectivity index (χ0n) is 11.2. The van der Waals surface area contributed by atoms with Crippen molar-refractivity contribution < 1.29 is 29.0 Å². The lowest BCUT2D eigenvalue weighted by Gasteiger charge is -2.08. The summed E-state index contributed by atoms with van der Waals surface area (Å²) in [7, 11) is 1.39. The Kier molecular flexibility index (Phi) is 4.27. The van der Waals surface area contributed by atoms with Crippen LogP contribution in [0.15, 0.2) is 18.2 Å². The Morgan fingerprint density at radius 1 is 1.43 bits per heavy atom. The standard InChI is InChI=1S/C13H14N2O6/c1-14-13(19)15-11(16)6-20-8-3-2-7-4-10(12(17)18)21-9(7)5-8/h2-3,5,10H,4,6H2,1H3,(H,17,18)(H2,14,15,16,19). The molecule has 112 valence electrons. The maximum atomic E-state index is 11.4. The van der Waals surface area contributed by atoms with Gasteiger partial charge in [0.1, 0.15) is 11.5 Å². The Morgan fingerprint density at radius 3 is 2.86 bits per heavy atom. The monoisotopic (exact) mass is 294 g/mol. The van der Waals surface area contributed by atoms with E-state index in [1.807, 2.05) is 0 Å². The molecule has 3 N–H and O–H groups in total. The summed E-state index contributed by atoms with van der Waals surface area (Å²) in [6.45, 7) is -0.339. The van der Waals surface area contributed by atoms with Crippen LogP contribution in [0.5, 0.6) is 11.5 Å². The van der Waals surface area contributed by atoms with Gasteiger partial charge in [0.05, 0.1) is 0 Å². The van der Waals surface area contributed by atoms with Crippen molar-refractivity contribution in [3.8, 4) is 11.5 Å². The van der Waals surface area contributed by atoms with E-state index in [1.54, 1.807) is 12.1 Å². The number of hydrogen-bond acceptors (Lipinski definition) is 5. The molecule has 0 saturated carbocycles. The average Bonchev–Trinajstić information content (AvgIpc) is 2.88. The number of carboxylic acid groups (broad SMARTS) is 1. The molecular weight excluding hydrogens is 280 g/mol. The fourth-order valence-corrected chi connectivity index (χ4v) is 1.81. The summed E-state index contributed by atoms with van der Waals surface area (Å²) < 4.78 is 10.5. The quantitative estimate of drug-likeness (QED) is 0.715. The molecule has 8 heteroatoms. The number of carbonyl (C=O) groups excluding carboxylic acids is 2. The van der Waals surface area contributed by atoms with Gasteiger partial charge < -0.3 is 19.9 Å². The smallest absolute Gasteiger partial charge is 0.345 e. The Hall–Kier alpha value is -2.77. The molecule has 0 saturated heterocycles. The Balaban J connectivity index is 1.92. The zero-order chi connectivity index (χ0) is 15.4. The van der Waals surface area contributed by atoms with Crippen LogP contribution in [-0.4, -0.2) is 42.8 Å². The van der Waals surface area contributed by atoms with Gasteiger partial charge in [-0.3, -0.25) is 10.1 Å². The van der Waals surface area contributed by atoms with Crippen molar-refractivity contribution in [2.24, 2.45) is 0 Å². The minimum Gasteiger partial charge on any atom is -0.484 e. The third-order valence-electron chi connectivity index (χ3n) is 2.84. The third kappa shape index (κ3) is 3.62. The lowest BCUT2D eigenvalue weighted by atomic mass is 10.1. The molecule has 0 spiro atoms. The van der Waals surface area contributed by atoms with E-state index in [2.05, 4.69) is 10.6 Å². The number of rotatable bonds is 4. The summed E-state index contributed by atoms with van der Waals surface area (Å²) in [5, 5.41) is 13.2. The highest BCUT2D eigenvalue weighted by Crippen LogP contribution is 2.32. The van der Waals surface area contributed by atoms with Crippen LogP contribution in [0.25, 0.3) is 0 Å². The molecule has 3 amide bonds. The van der Waals surface area contributed by atoms with Crippen LogP contribution in [0.3, 0.4) is 0 Å². The summed E-state index contributed by atoms with van der Waals surface area (Å²) in [6, 6.07) is 4.19. The largest absolute Gasteiger partial charge is 0.484 e. The van der Waals surface area contributed by atoms with E-state index in [1.165, 1.54) is 13.1 Å². The lowest BCUT2D eigenvalue weighted by Crippen LogP contribution is -2.39. The summed E-state index contributed by atoms with van der Waals surface area (Å²) in [4.78, 5) is 33.1. The van der Waals surface area contributed by atoms with E-state index in [0.29, 0.717) is 17.9 Å². The summed E-state index contributed by atoms with van der Waals surface area (Å²) in [5.41, 5.74) is 0.768. The van der Waals surface area contributed by atoms with Gasteiger partial charge in [-0.05, 0) is 11.6 Å². The van der Waals surface area contributed by atoms with E-state index in [-0.39, 0.29) is 6.61 Å². The molecule has 1 aromatic rings. The van der Waals surface area contributed by atoms with E-state index >= 15 is 0 Å². The molecule has 1 heterocycles. The van der Waals surface area contributed by atoms with Gasteiger partial charge in [0.2, 0.25) is 0 Å². The molecule has 21 heavy (non-hydrogen) atoms. The van der Waals surface area contributed by atoms with Crippen molar-refractivity contribution in [1.82, 2.24) is 10.6 Å². The summed E-state index contributed by atoms with van der Waals surface area (Å²) in [5.74, 6) is -0.851. The summed E-state index contributed by atoms with van der Waals surface area (Å²) in [6.07, 6.45) is -0.603. The second-order valence-electron chi connectivity index (χ2n) is 4.33. The number of benzene rings is 1. The normalized spacial score (nSPS) is 15.6. The second-order valence-corrected chi connectivity index (χ2v) is 4.33. The molecule has 1 atom stereocenters. The second kappa shape index (κ2) is 6.12. The fourth-order valence-electron chi connectivity index (χ4n) is 1.81. The average molecular weight is 294 g/mol. The SMILES string of the molecule is CNC(=O)NC(=O)COc1ccc2c(c1)OC(C(=O)O)C2. The van der Waals surface area contributed by atoms with Crippen LogP contribution in [0.1, 0.15) is 5.56 Å². The van der Waals surface area contributed by atoms with Crippen LogP contribution in [0, 0.1) is 0 Å². The predicted octanol–water partition coefficient (Wildman–Crippen LogP) is -0.0909. The van der Waals surface area contributed by atoms with E-state index in [0.717, 1.165) is 5.56 Å². The number of aliphatic carboxylic acids is 1. The third-order valence-corrected chi connectivity index (χ3v) is 2.84. The topological polar surface area (TPSA) is 114 Å². The number of nitrogens with one attached hydrogen (secondary N) is 2. The van der Waals surface area contributed by atoms with Crippen LogP contribution in [0.2, 0.25) is 0 Å². The highest BCUT2D eigenvalue weighted by Gasteiger charge is 2.29. The predicted molar refractivity (Wildman–Crippen MR) is 70.3 cm³/mol. The molecule has 1 unspecified atom stereocenters. The van der Waals surface area contributed by atoms with Gasteiger partial charge in [-0.25, -0.2) is 9.59 Å². The first-order chi connectivity index (χ1) is 9.99. The Morgan fingerprint density at radius 2 is 2.19 bits per heavy atom. The van der Waals surface area contributed by atoms with Crippen LogP contribution in [-0.2, 0) is 16.0 Å². The number of hydrogen-bond donors (Lipinski definition) is 3. The number of amides is 3. The number of urea groups is 1. The summed E-state index contributed by atoms with van der Waals surface area (Å²) >= 11 is 0. The zero-order valence-corrected chi connectivity index (χ0v) is 11.2. The first kappa shape index (κ1) is 14.6. The first-order valence-corrected chi connectivity index (χ1v) is 6.16. The van der Waals surface area contributed by atoms with Crippen LogP contribution in [0.4, 0.5) is 4.79 Å². The maximum Gasteiger partial charge on any atom is 0.345 e. The van der Waals surface area contributed by atoms with E-state index in [4.69, 9.17) is 14.6 Å².